The minimum atomic E-state index is -0.188. The third kappa shape index (κ3) is 3.02. The van der Waals surface area contributed by atoms with E-state index in [0.29, 0.717) is 16.4 Å². The lowest BCUT2D eigenvalue weighted by Gasteiger charge is -2.08. The Morgan fingerprint density at radius 3 is 2.75 bits per heavy atom. The molecule has 2 aromatic rings. The fourth-order valence-electron chi connectivity index (χ4n) is 1.91. The highest BCUT2D eigenvalue weighted by molar-refractivity contribution is 9.10. The fourth-order valence-corrected chi connectivity index (χ4v) is 3.28. The Bertz CT molecular complexity index is 667. The summed E-state index contributed by atoms with van der Waals surface area (Å²) in [5, 5.41) is 3.47. The summed E-state index contributed by atoms with van der Waals surface area (Å²) in [6.07, 6.45) is 0.862. The molecular weight excluding hydrogens is 338 g/mol. The molecule has 0 atom stereocenters. The minimum Gasteiger partial charge on any atom is -0.398 e. The van der Waals surface area contributed by atoms with Crippen molar-refractivity contribution >= 4 is 44.0 Å². The lowest BCUT2D eigenvalue weighted by molar-refractivity contribution is 0.102. The van der Waals surface area contributed by atoms with Crippen LogP contribution in [0.25, 0.3) is 0 Å². The number of hydrogen-bond donors (Lipinski definition) is 2. The van der Waals surface area contributed by atoms with Crippen molar-refractivity contribution in [3.05, 3.63) is 38.3 Å². The Labute approximate surface area is 130 Å². The maximum Gasteiger partial charge on any atom is 0.257 e. The van der Waals surface area contributed by atoms with Crippen LogP contribution < -0.4 is 11.1 Å². The number of nitrogen functional groups attached to an aromatic ring is 1. The van der Waals surface area contributed by atoms with Crippen LogP contribution >= 0.6 is 27.3 Å². The maximum atomic E-state index is 12.3. The molecule has 0 unspecified atom stereocenters. The Morgan fingerprint density at radius 2 is 2.15 bits per heavy atom. The average molecular weight is 354 g/mol. The van der Waals surface area contributed by atoms with E-state index in [1.54, 1.807) is 12.1 Å². The first-order chi connectivity index (χ1) is 9.42. The molecule has 106 valence electrons. The lowest BCUT2D eigenvalue weighted by atomic mass is 10.1. The monoisotopic (exact) mass is 353 g/mol. The van der Waals surface area contributed by atoms with Crippen LogP contribution in [0.4, 0.5) is 10.8 Å². The number of halogens is 1. The van der Waals surface area contributed by atoms with Gasteiger partial charge in [-0.3, -0.25) is 10.1 Å². The summed E-state index contributed by atoms with van der Waals surface area (Å²) >= 11 is 4.84. The molecule has 6 heteroatoms. The highest BCUT2D eigenvalue weighted by Gasteiger charge is 2.15. The number of nitrogens with zero attached hydrogens (tertiary/aromatic N) is 1. The van der Waals surface area contributed by atoms with Crippen LogP contribution in [0.3, 0.4) is 0 Å². The number of benzene rings is 1. The number of carbonyl (C=O) groups is 1. The molecule has 0 aliphatic rings. The summed E-state index contributed by atoms with van der Waals surface area (Å²) in [6.45, 7) is 5.89. The first-order valence-corrected chi connectivity index (χ1v) is 7.86. The van der Waals surface area contributed by atoms with Crippen LogP contribution in [0.2, 0.25) is 0 Å². The van der Waals surface area contributed by atoms with Gasteiger partial charge in [0.05, 0.1) is 5.69 Å². The van der Waals surface area contributed by atoms with Crippen LogP contribution in [-0.2, 0) is 6.42 Å². The minimum absolute atomic E-state index is 0.188. The van der Waals surface area contributed by atoms with Crippen LogP contribution in [0.1, 0.15) is 33.4 Å². The summed E-state index contributed by atoms with van der Waals surface area (Å²) in [6, 6.07) is 3.55. The first-order valence-electron chi connectivity index (χ1n) is 6.25. The number of nitrogens with one attached hydrogen (secondary N) is 1. The summed E-state index contributed by atoms with van der Waals surface area (Å²) in [5.41, 5.74) is 8.83. The predicted octanol–water partition coefficient (Wildman–Crippen LogP) is 3.92. The summed E-state index contributed by atoms with van der Waals surface area (Å²) in [5.74, 6) is -0.188. The molecule has 0 saturated heterocycles. The molecular formula is C14H16BrN3OS. The van der Waals surface area contributed by atoms with Crippen molar-refractivity contribution in [3.63, 3.8) is 0 Å². The molecule has 4 nitrogen and oxygen atoms in total. The molecule has 0 spiro atoms. The molecule has 0 saturated carbocycles. The van der Waals surface area contributed by atoms with Gasteiger partial charge < -0.3 is 5.73 Å². The van der Waals surface area contributed by atoms with Crippen molar-refractivity contribution in [2.75, 3.05) is 11.1 Å². The van der Waals surface area contributed by atoms with Crippen molar-refractivity contribution in [2.45, 2.75) is 27.2 Å². The van der Waals surface area contributed by atoms with Crippen molar-refractivity contribution < 1.29 is 4.79 Å². The standard InChI is InChI=1S/C14H16BrN3OS/c1-4-12-8(3)20-14(17-12)18-13(19)10-5-9(15)6-11(16)7(10)2/h5-6H,4,16H2,1-3H3,(H,17,18,19). The third-order valence-corrected chi connectivity index (χ3v) is 4.49. The van der Waals surface area contributed by atoms with Gasteiger partial charge in [-0.15, -0.1) is 11.3 Å². The molecule has 1 amide bonds. The lowest BCUT2D eigenvalue weighted by Crippen LogP contribution is -2.14. The average Bonchev–Trinajstić information content (AvgIpc) is 2.73. The van der Waals surface area contributed by atoms with Gasteiger partial charge in [-0.1, -0.05) is 22.9 Å². The van der Waals surface area contributed by atoms with Gasteiger partial charge in [0, 0.05) is 20.6 Å². The molecule has 0 fully saturated rings. The third-order valence-electron chi connectivity index (χ3n) is 3.11. The zero-order chi connectivity index (χ0) is 14.9. The van der Waals surface area contributed by atoms with Crippen molar-refractivity contribution in [1.29, 1.82) is 0 Å². The first kappa shape index (κ1) is 15.0. The highest BCUT2D eigenvalue weighted by atomic mass is 79.9. The molecule has 0 aliphatic heterocycles. The van der Waals surface area contributed by atoms with Crippen LogP contribution in [0, 0.1) is 13.8 Å². The van der Waals surface area contributed by atoms with Crippen LogP contribution in [0.15, 0.2) is 16.6 Å². The van der Waals surface area contributed by atoms with Gasteiger partial charge in [-0.2, -0.15) is 0 Å². The zero-order valence-electron chi connectivity index (χ0n) is 11.6. The molecule has 20 heavy (non-hydrogen) atoms. The van der Waals surface area contributed by atoms with Crippen LogP contribution in [-0.4, -0.2) is 10.9 Å². The van der Waals surface area contributed by atoms with Gasteiger partial charge in [-0.25, -0.2) is 4.98 Å². The number of hydrogen-bond acceptors (Lipinski definition) is 4. The van der Waals surface area contributed by atoms with Gasteiger partial charge in [0.15, 0.2) is 5.13 Å². The molecule has 1 heterocycles. The quantitative estimate of drug-likeness (QED) is 0.821. The normalized spacial score (nSPS) is 10.6. The Kier molecular flexibility index (Phi) is 4.45. The second kappa shape index (κ2) is 5.93. The number of thiazole rings is 1. The van der Waals surface area contributed by atoms with E-state index < -0.39 is 0 Å². The largest absolute Gasteiger partial charge is 0.398 e. The van der Waals surface area contributed by atoms with E-state index >= 15 is 0 Å². The number of rotatable bonds is 3. The van der Waals surface area contributed by atoms with E-state index in [2.05, 4.69) is 26.2 Å². The molecule has 0 radical (unpaired) electrons. The number of nitrogens with two attached hydrogens (primary N) is 1. The Morgan fingerprint density at radius 1 is 1.45 bits per heavy atom. The molecule has 1 aromatic carbocycles. The van der Waals surface area contributed by atoms with Gasteiger partial charge in [0.25, 0.3) is 5.91 Å². The Balaban J connectivity index is 2.28. The topological polar surface area (TPSA) is 68.0 Å². The SMILES string of the molecule is CCc1nc(NC(=O)c2cc(Br)cc(N)c2C)sc1C. The van der Waals surface area contributed by atoms with E-state index in [4.69, 9.17) is 5.73 Å². The molecule has 0 bridgehead atoms. The number of anilines is 2. The van der Waals surface area contributed by atoms with E-state index in [0.717, 1.165) is 27.0 Å². The Hall–Kier alpha value is -1.40. The van der Waals surface area contributed by atoms with E-state index in [9.17, 15) is 4.79 Å². The zero-order valence-corrected chi connectivity index (χ0v) is 14.0. The second-order valence-electron chi connectivity index (χ2n) is 4.50. The number of amides is 1. The number of aryl methyl sites for hydroxylation is 2. The highest BCUT2D eigenvalue weighted by Crippen LogP contribution is 2.26. The maximum absolute atomic E-state index is 12.3. The summed E-state index contributed by atoms with van der Waals surface area (Å²) < 4.78 is 0.787. The van der Waals surface area contributed by atoms with Crippen molar-refractivity contribution in [3.8, 4) is 0 Å². The molecule has 1 aromatic heterocycles. The molecule has 2 rings (SSSR count). The summed E-state index contributed by atoms with van der Waals surface area (Å²) in [4.78, 5) is 17.9. The van der Waals surface area contributed by atoms with Gasteiger partial charge in [0.2, 0.25) is 0 Å². The van der Waals surface area contributed by atoms with Gasteiger partial charge >= 0.3 is 0 Å². The van der Waals surface area contributed by atoms with E-state index in [1.165, 1.54) is 11.3 Å². The smallest absolute Gasteiger partial charge is 0.257 e. The van der Waals surface area contributed by atoms with Crippen molar-refractivity contribution in [1.82, 2.24) is 4.98 Å². The van der Waals surface area contributed by atoms with Gasteiger partial charge in [0.1, 0.15) is 0 Å². The number of carbonyl (C=O) groups excluding carboxylic acids is 1. The van der Waals surface area contributed by atoms with Gasteiger partial charge in [-0.05, 0) is 38.0 Å². The summed E-state index contributed by atoms with van der Waals surface area (Å²) in [7, 11) is 0. The van der Waals surface area contributed by atoms with E-state index in [1.807, 2.05) is 20.8 Å². The van der Waals surface area contributed by atoms with Crippen LogP contribution in [0.5, 0.6) is 0 Å². The fraction of sp³-hybridized carbons (Fsp3) is 0.286. The molecule has 0 aliphatic carbocycles. The number of aromatic nitrogens is 1. The second-order valence-corrected chi connectivity index (χ2v) is 6.62. The van der Waals surface area contributed by atoms with E-state index in [-0.39, 0.29) is 5.91 Å². The molecule has 3 N–H and O–H groups in total. The van der Waals surface area contributed by atoms with Crippen molar-refractivity contribution in [2.24, 2.45) is 0 Å². The predicted molar refractivity (Wildman–Crippen MR) is 87.5 cm³/mol.